The lowest BCUT2D eigenvalue weighted by molar-refractivity contribution is -0.160. The lowest BCUT2D eigenvalue weighted by Gasteiger charge is -2.27. The summed E-state index contributed by atoms with van der Waals surface area (Å²) in [7, 11) is 0. The van der Waals surface area contributed by atoms with Crippen LogP contribution < -0.4 is 0 Å². The second kappa shape index (κ2) is 7.10. The summed E-state index contributed by atoms with van der Waals surface area (Å²) in [5.74, 6) is -0.0728. The molecule has 106 valence electrons. The molecule has 1 fully saturated rings. The molecule has 0 spiro atoms. The molecular weight excluding hydrogens is 230 g/mol. The van der Waals surface area contributed by atoms with E-state index in [9.17, 15) is 4.79 Å². The third-order valence-corrected chi connectivity index (χ3v) is 2.98. The van der Waals surface area contributed by atoms with E-state index >= 15 is 0 Å². The summed E-state index contributed by atoms with van der Waals surface area (Å²) < 4.78 is 10.8. The Kier molecular flexibility index (Phi) is 6.09. The molecule has 1 rings (SSSR count). The first-order valence-corrected chi connectivity index (χ1v) is 6.98. The maximum absolute atomic E-state index is 12.1. The molecule has 4 heteroatoms. The molecule has 1 aliphatic heterocycles. The van der Waals surface area contributed by atoms with E-state index in [1.165, 1.54) is 0 Å². The summed E-state index contributed by atoms with van der Waals surface area (Å²) in [4.78, 5) is 14.3. The number of rotatable bonds is 6. The van der Waals surface area contributed by atoms with Crippen LogP contribution in [0.2, 0.25) is 0 Å². The standard InChI is InChI=1S/C14H27NO3/c1-5-17-11-7-10-15-9-6-8-12(15)13(16)18-14(2,3)4/h12H,5-11H2,1-4H3/t12-/m0/s1. The lowest BCUT2D eigenvalue weighted by Crippen LogP contribution is -2.41. The number of likely N-dealkylation sites (tertiary alicyclic amines) is 1. The summed E-state index contributed by atoms with van der Waals surface area (Å²) in [5.41, 5.74) is -0.392. The Bertz CT molecular complexity index is 260. The maximum Gasteiger partial charge on any atom is 0.323 e. The normalized spacial score (nSPS) is 21.2. The third kappa shape index (κ3) is 5.36. The summed E-state index contributed by atoms with van der Waals surface area (Å²) >= 11 is 0. The highest BCUT2D eigenvalue weighted by Gasteiger charge is 2.33. The van der Waals surface area contributed by atoms with Gasteiger partial charge in [0.25, 0.3) is 0 Å². The van der Waals surface area contributed by atoms with Gasteiger partial charge < -0.3 is 9.47 Å². The van der Waals surface area contributed by atoms with Crippen LogP contribution in [-0.4, -0.2) is 48.8 Å². The van der Waals surface area contributed by atoms with Gasteiger partial charge in [0.1, 0.15) is 11.6 Å². The van der Waals surface area contributed by atoms with E-state index in [0.29, 0.717) is 0 Å². The molecule has 4 nitrogen and oxygen atoms in total. The van der Waals surface area contributed by atoms with Crippen molar-refractivity contribution in [1.29, 1.82) is 0 Å². The van der Waals surface area contributed by atoms with Gasteiger partial charge in [-0.05, 0) is 53.5 Å². The number of ether oxygens (including phenoxy) is 2. The molecule has 0 aromatic carbocycles. The van der Waals surface area contributed by atoms with Crippen LogP contribution in [-0.2, 0) is 14.3 Å². The van der Waals surface area contributed by atoms with Gasteiger partial charge in [-0.15, -0.1) is 0 Å². The largest absolute Gasteiger partial charge is 0.459 e. The van der Waals surface area contributed by atoms with Crippen molar-refractivity contribution in [2.45, 2.75) is 58.6 Å². The fourth-order valence-electron chi connectivity index (χ4n) is 2.24. The zero-order valence-electron chi connectivity index (χ0n) is 12.2. The zero-order valence-corrected chi connectivity index (χ0v) is 12.2. The first kappa shape index (κ1) is 15.4. The molecule has 0 N–H and O–H groups in total. The summed E-state index contributed by atoms with van der Waals surface area (Å²) in [6.45, 7) is 11.2. The van der Waals surface area contributed by atoms with Crippen molar-refractivity contribution < 1.29 is 14.3 Å². The van der Waals surface area contributed by atoms with Crippen LogP contribution in [0.5, 0.6) is 0 Å². The molecule has 1 atom stereocenters. The Morgan fingerprint density at radius 3 is 2.72 bits per heavy atom. The van der Waals surface area contributed by atoms with Gasteiger partial charge in [0.15, 0.2) is 0 Å². The third-order valence-electron chi connectivity index (χ3n) is 2.98. The van der Waals surface area contributed by atoms with Crippen molar-refractivity contribution in [2.24, 2.45) is 0 Å². The molecule has 0 amide bonds. The van der Waals surface area contributed by atoms with Crippen LogP contribution in [0, 0.1) is 0 Å². The average molecular weight is 257 g/mol. The average Bonchev–Trinajstić information content (AvgIpc) is 2.70. The molecule has 0 aliphatic carbocycles. The van der Waals surface area contributed by atoms with Crippen LogP contribution in [0.15, 0.2) is 0 Å². The van der Waals surface area contributed by atoms with Crippen molar-refractivity contribution in [2.75, 3.05) is 26.3 Å². The number of nitrogens with zero attached hydrogens (tertiary/aromatic N) is 1. The van der Waals surface area contributed by atoms with Crippen LogP contribution in [0.4, 0.5) is 0 Å². The highest BCUT2D eigenvalue weighted by atomic mass is 16.6. The topological polar surface area (TPSA) is 38.8 Å². The second-order valence-electron chi connectivity index (χ2n) is 5.78. The molecule has 0 radical (unpaired) electrons. The van der Waals surface area contributed by atoms with E-state index in [1.54, 1.807) is 0 Å². The van der Waals surface area contributed by atoms with Crippen molar-refractivity contribution in [3.05, 3.63) is 0 Å². The summed E-state index contributed by atoms with van der Waals surface area (Å²) in [6.07, 6.45) is 2.98. The van der Waals surface area contributed by atoms with Crippen molar-refractivity contribution in [1.82, 2.24) is 4.90 Å². The van der Waals surface area contributed by atoms with Crippen molar-refractivity contribution in [3.8, 4) is 0 Å². The van der Waals surface area contributed by atoms with Crippen LogP contribution in [0.25, 0.3) is 0 Å². The van der Waals surface area contributed by atoms with Gasteiger partial charge in [-0.1, -0.05) is 0 Å². The number of hydrogen-bond donors (Lipinski definition) is 0. The predicted molar refractivity (Wildman–Crippen MR) is 71.6 cm³/mol. The minimum atomic E-state index is -0.392. The lowest BCUT2D eigenvalue weighted by atomic mass is 10.1. The van der Waals surface area contributed by atoms with Gasteiger partial charge in [-0.3, -0.25) is 9.69 Å². The minimum Gasteiger partial charge on any atom is -0.459 e. The highest BCUT2D eigenvalue weighted by molar-refractivity contribution is 5.76. The second-order valence-corrected chi connectivity index (χ2v) is 5.78. The predicted octanol–water partition coefficient (Wildman–Crippen LogP) is 2.22. The molecule has 18 heavy (non-hydrogen) atoms. The monoisotopic (exact) mass is 257 g/mol. The van der Waals surface area contributed by atoms with Crippen LogP contribution >= 0.6 is 0 Å². The van der Waals surface area contributed by atoms with E-state index in [2.05, 4.69) is 4.90 Å². The minimum absolute atomic E-state index is 0.0501. The first-order valence-electron chi connectivity index (χ1n) is 6.98. The quantitative estimate of drug-likeness (QED) is 0.540. The van der Waals surface area contributed by atoms with Crippen LogP contribution in [0.3, 0.4) is 0 Å². The Labute approximate surface area is 111 Å². The SMILES string of the molecule is CCOCCCN1CCC[C@H]1C(=O)OC(C)(C)C. The smallest absolute Gasteiger partial charge is 0.323 e. The Balaban J connectivity index is 2.36. The number of carbonyl (C=O) groups excluding carboxylic acids is 1. The summed E-state index contributed by atoms with van der Waals surface area (Å²) in [6, 6.07) is -0.0501. The molecule has 0 aromatic rings. The van der Waals surface area contributed by atoms with Crippen molar-refractivity contribution in [3.63, 3.8) is 0 Å². The molecule has 0 unspecified atom stereocenters. The molecule has 0 bridgehead atoms. The number of esters is 1. The van der Waals surface area contributed by atoms with Gasteiger partial charge in [0.2, 0.25) is 0 Å². The van der Waals surface area contributed by atoms with Gasteiger partial charge >= 0.3 is 5.97 Å². The fraction of sp³-hybridized carbons (Fsp3) is 0.929. The van der Waals surface area contributed by atoms with Gasteiger partial charge in [-0.25, -0.2) is 0 Å². The van der Waals surface area contributed by atoms with Crippen LogP contribution in [0.1, 0.15) is 47.0 Å². The zero-order chi connectivity index (χ0) is 13.6. The van der Waals surface area contributed by atoms with Gasteiger partial charge in [0.05, 0.1) is 0 Å². The molecule has 1 heterocycles. The number of hydrogen-bond acceptors (Lipinski definition) is 4. The van der Waals surface area contributed by atoms with E-state index < -0.39 is 5.60 Å². The molecular formula is C14H27NO3. The van der Waals surface area contributed by atoms with E-state index in [1.807, 2.05) is 27.7 Å². The molecule has 0 aromatic heterocycles. The molecule has 1 aliphatic rings. The first-order chi connectivity index (χ1) is 8.44. The number of carbonyl (C=O) groups is 1. The fourth-order valence-corrected chi connectivity index (χ4v) is 2.24. The highest BCUT2D eigenvalue weighted by Crippen LogP contribution is 2.21. The van der Waals surface area contributed by atoms with Crippen molar-refractivity contribution >= 4 is 5.97 Å². The Morgan fingerprint density at radius 2 is 2.11 bits per heavy atom. The Hall–Kier alpha value is -0.610. The Morgan fingerprint density at radius 1 is 1.39 bits per heavy atom. The van der Waals surface area contributed by atoms with E-state index in [0.717, 1.165) is 45.6 Å². The maximum atomic E-state index is 12.1. The molecule has 0 saturated carbocycles. The summed E-state index contributed by atoms with van der Waals surface area (Å²) in [5, 5.41) is 0. The van der Waals surface area contributed by atoms with E-state index in [-0.39, 0.29) is 12.0 Å². The van der Waals surface area contributed by atoms with Gasteiger partial charge in [-0.2, -0.15) is 0 Å². The van der Waals surface area contributed by atoms with E-state index in [4.69, 9.17) is 9.47 Å². The molecule has 1 saturated heterocycles. The van der Waals surface area contributed by atoms with Gasteiger partial charge in [0, 0.05) is 19.8 Å².